The Morgan fingerprint density at radius 2 is 0.914 bits per heavy atom. The number of hydrogen-bond donors (Lipinski definition) is 0. The quantitative estimate of drug-likeness (QED) is 0.162. The van der Waals surface area contributed by atoms with Crippen LogP contribution in [0.1, 0.15) is 0 Å². The summed E-state index contributed by atoms with van der Waals surface area (Å²) in [7, 11) is 0. The Morgan fingerprint density at radius 3 is 1.48 bits per heavy atom. The van der Waals surface area contributed by atoms with Crippen LogP contribution in [0.2, 0.25) is 0 Å². The van der Waals surface area contributed by atoms with Gasteiger partial charge in [-0.2, -0.15) is 0 Å². The van der Waals surface area contributed by atoms with Crippen LogP contribution in [-0.2, 0) is 0 Å². The third kappa shape index (κ3) is 5.71. The Kier molecular flexibility index (Phi) is 7.62. The van der Waals surface area contributed by atoms with Gasteiger partial charge in [0.25, 0.3) is 0 Å². The van der Waals surface area contributed by atoms with Crippen LogP contribution in [0.5, 0.6) is 0 Å². The summed E-state index contributed by atoms with van der Waals surface area (Å²) in [6.45, 7) is 0. The molecule has 5 aromatic heterocycles. The van der Waals surface area contributed by atoms with Crippen molar-refractivity contribution in [1.29, 1.82) is 0 Å². The molecule has 0 saturated carbocycles. The Hall–Kier alpha value is -8.09. The normalized spacial score (nSPS) is 11.5. The highest BCUT2D eigenvalue weighted by atomic mass is 19.1. The van der Waals surface area contributed by atoms with Crippen molar-refractivity contribution in [3.63, 3.8) is 0 Å². The van der Waals surface area contributed by atoms with Crippen LogP contribution in [0.25, 0.3) is 111 Å². The molecule has 0 unspecified atom stereocenters. The fraction of sp³-hybridized carbons (Fsp3) is 0. The monoisotopic (exact) mass is 749 g/mol. The summed E-state index contributed by atoms with van der Waals surface area (Å²) in [6, 6.07) is 44.5. The van der Waals surface area contributed by atoms with Crippen molar-refractivity contribution in [2.24, 2.45) is 0 Å². The van der Waals surface area contributed by atoms with Crippen molar-refractivity contribution < 1.29 is 8.78 Å². The topological polar surface area (TPSA) is 90.2 Å². The van der Waals surface area contributed by atoms with Crippen LogP contribution >= 0.6 is 0 Å². The second kappa shape index (κ2) is 13.3. The zero-order valence-corrected chi connectivity index (χ0v) is 30.3. The minimum atomic E-state index is -0.475. The summed E-state index contributed by atoms with van der Waals surface area (Å²) in [5, 5.41) is 5.36. The Morgan fingerprint density at radius 1 is 0.397 bits per heavy atom. The van der Waals surface area contributed by atoms with E-state index in [1.54, 1.807) is 30.9 Å². The first-order valence-electron chi connectivity index (χ1n) is 18.5. The molecule has 0 radical (unpaired) electrons. The van der Waals surface area contributed by atoms with Gasteiger partial charge in [-0.15, -0.1) is 0 Å². The molecule has 0 aliphatic carbocycles. The molecule has 11 rings (SSSR count). The summed E-state index contributed by atoms with van der Waals surface area (Å²) in [6.07, 6.45) is 6.88. The summed E-state index contributed by atoms with van der Waals surface area (Å²) in [5.74, 6) is -0.173. The predicted molar refractivity (Wildman–Crippen MR) is 223 cm³/mol. The minimum absolute atomic E-state index is 0.219. The SMILES string of the molecule is Fc1cc(-c2nc(-c3cc(F)cc(-c4ccnc5c4ccc4cccnc45)c3)nc(-c3ccc4c#cccc4c3)n2)cc(-c2ccnc3c2ccc2cccnc23)c1. The van der Waals surface area contributed by atoms with Gasteiger partial charge in [0.15, 0.2) is 17.5 Å². The van der Waals surface area contributed by atoms with E-state index in [4.69, 9.17) is 15.0 Å². The van der Waals surface area contributed by atoms with Crippen LogP contribution in [-0.4, -0.2) is 34.9 Å². The highest BCUT2D eigenvalue weighted by Gasteiger charge is 2.18. The van der Waals surface area contributed by atoms with E-state index in [-0.39, 0.29) is 11.6 Å². The molecule has 7 nitrogen and oxygen atoms in total. The molecule has 0 amide bonds. The molecular formula is C49H25F2N7. The number of fused-ring (bicyclic) bond motifs is 7. The zero-order valence-electron chi connectivity index (χ0n) is 30.3. The number of nitrogens with zero attached hydrogens (tertiary/aromatic N) is 7. The summed E-state index contributed by atoms with van der Waals surface area (Å²) >= 11 is 0. The van der Waals surface area contributed by atoms with Gasteiger partial charge in [0, 0.05) is 68.4 Å². The van der Waals surface area contributed by atoms with E-state index in [1.165, 1.54) is 24.3 Å². The third-order valence-electron chi connectivity index (χ3n) is 10.4. The van der Waals surface area contributed by atoms with Crippen molar-refractivity contribution in [2.75, 3.05) is 0 Å². The third-order valence-corrected chi connectivity index (χ3v) is 10.4. The van der Waals surface area contributed by atoms with Crippen molar-refractivity contribution >= 4 is 54.4 Å². The Balaban J connectivity index is 1.10. The van der Waals surface area contributed by atoms with Crippen LogP contribution in [0.15, 0.2) is 152 Å². The summed E-state index contributed by atoms with van der Waals surface area (Å²) in [5.41, 5.74) is 7.26. The van der Waals surface area contributed by atoms with E-state index in [2.05, 4.69) is 32.1 Å². The van der Waals surface area contributed by atoms with Crippen molar-refractivity contribution in [2.45, 2.75) is 0 Å². The Labute approximate surface area is 329 Å². The maximum absolute atomic E-state index is 15.8. The van der Waals surface area contributed by atoms with Gasteiger partial charge in [-0.05, 0) is 119 Å². The number of halogens is 2. The lowest BCUT2D eigenvalue weighted by Crippen LogP contribution is -2.01. The molecule has 0 N–H and O–H groups in total. The van der Waals surface area contributed by atoms with E-state index in [0.717, 1.165) is 54.5 Å². The fourth-order valence-electron chi connectivity index (χ4n) is 7.73. The maximum atomic E-state index is 15.8. The second-order valence-corrected chi connectivity index (χ2v) is 14.0. The van der Waals surface area contributed by atoms with Crippen molar-refractivity contribution in [3.8, 4) is 56.4 Å². The van der Waals surface area contributed by atoms with Gasteiger partial charge in [-0.25, -0.2) is 23.7 Å². The molecule has 0 bridgehead atoms. The molecule has 0 aliphatic rings. The van der Waals surface area contributed by atoms with Crippen LogP contribution in [0.3, 0.4) is 0 Å². The van der Waals surface area contributed by atoms with E-state index in [1.807, 2.05) is 97.1 Å². The number of benzene rings is 5. The van der Waals surface area contributed by atoms with Crippen LogP contribution < -0.4 is 0 Å². The molecular weight excluding hydrogens is 725 g/mol. The van der Waals surface area contributed by atoms with E-state index < -0.39 is 11.6 Å². The standard InChI is InChI=1S/C49H25F2N7/c50-37-24-33(39-15-19-54-45-41(39)13-11-29-7-3-17-52-43(29)45)22-35(26-37)48-56-47(32-10-9-28-5-1-2-6-31(28)21-32)57-49(58-48)36-23-34(25-38(51)27-36)40-16-20-55-46-42(40)14-12-30-8-4-18-53-44(30)46/h2-4,6-27H. The van der Waals surface area contributed by atoms with E-state index in [9.17, 15) is 0 Å². The molecule has 0 aliphatic heterocycles. The van der Waals surface area contributed by atoms with Gasteiger partial charge in [0.05, 0.1) is 22.1 Å². The fourth-order valence-corrected chi connectivity index (χ4v) is 7.73. The Bertz CT molecular complexity index is 3270. The van der Waals surface area contributed by atoms with Gasteiger partial charge < -0.3 is 0 Å². The average Bonchev–Trinajstić information content (AvgIpc) is 3.27. The van der Waals surface area contributed by atoms with Gasteiger partial charge in [-0.3, -0.25) is 19.9 Å². The van der Waals surface area contributed by atoms with Crippen molar-refractivity contribution in [3.05, 3.63) is 176 Å². The number of hydrogen-bond acceptors (Lipinski definition) is 7. The molecule has 0 saturated heterocycles. The maximum Gasteiger partial charge on any atom is 0.164 e. The van der Waals surface area contributed by atoms with Gasteiger partial charge in [0.2, 0.25) is 0 Å². The molecule has 270 valence electrons. The van der Waals surface area contributed by atoms with E-state index >= 15 is 8.78 Å². The van der Waals surface area contributed by atoms with Crippen molar-refractivity contribution in [1.82, 2.24) is 34.9 Å². The molecule has 5 heterocycles. The lowest BCUT2D eigenvalue weighted by Gasteiger charge is -2.13. The predicted octanol–water partition coefficient (Wildman–Crippen LogP) is 11.4. The molecule has 0 atom stereocenters. The number of aromatic nitrogens is 7. The molecule has 6 aromatic carbocycles. The van der Waals surface area contributed by atoms with Gasteiger partial charge >= 0.3 is 0 Å². The lowest BCUT2D eigenvalue weighted by atomic mass is 9.97. The lowest BCUT2D eigenvalue weighted by molar-refractivity contribution is 0.628. The number of pyridine rings is 4. The molecule has 0 spiro atoms. The van der Waals surface area contributed by atoms with Gasteiger partial charge in [0.1, 0.15) is 11.6 Å². The average molecular weight is 750 g/mol. The first kappa shape index (κ1) is 33.3. The largest absolute Gasteiger partial charge is 0.254 e. The first-order valence-corrected chi connectivity index (χ1v) is 18.5. The second-order valence-electron chi connectivity index (χ2n) is 14.0. The molecule has 9 heteroatoms. The molecule has 11 aromatic rings. The summed E-state index contributed by atoms with van der Waals surface area (Å²) < 4.78 is 31.7. The van der Waals surface area contributed by atoms with E-state index in [0.29, 0.717) is 44.7 Å². The minimum Gasteiger partial charge on any atom is -0.254 e. The smallest absolute Gasteiger partial charge is 0.164 e. The zero-order chi connectivity index (χ0) is 38.7. The van der Waals surface area contributed by atoms with Crippen LogP contribution in [0, 0.1) is 23.8 Å². The summed E-state index contributed by atoms with van der Waals surface area (Å²) in [4.78, 5) is 33.2. The number of rotatable bonds is 5. The highest BCUT2D eigenvalue weighted by Crippen LogP contribution is 2.37. The van der Waals surface area contributed by atoms with Crippen LogP contribution in [0.4, 0.5) is 8.78 Å². The molecule has 58 heavy (non-hydrogen) atoms. The molecule has 0 fully saturated rings. The highest BCUT2D eigenvalue weighted by molar-refractivity contribution is 6.09. The van der Waals surface area contributed by atoms with Gasteiger partial charge in [-0.1, -0.05) is 48.5 Å². The first-order chi connectivity index (χ1) is 28.5.